The second kappa shape index (κ2) is 12.3. The SMILES string of the molecule is CC(C)c1ccc(CC(O)/C=C/[C@H]2CCCC(=O)N2C/C=C\CCCc2nn[nH]n2)cc1. The van der Waals surface area contributed by atoms with Crippen LogP contribution in [0.5, 0.6) is 0 Å². The van der Waals surface area contributed by atoms with E-state index in [9.17, 15) is 9.90 Å². The van der Waals surface area contributed by atoms with Gasteiger partial charge in [0.25, 0.3) is 0 Å². The summed E-state index contributed by atoms with van der Waals surface area (Å²) in [5.41, 5.74) is 2.42. The lowest BCUT2D eigenvalue weighted by molar-refractivity contribution is -0.134. The predicted molar refractivity (Wildman–Crippen MR) is 125 cm³/mol. The van der Waals surface area contributed by atoms with Crippen LogP contribution in [-0.2, 0) is 17.6 Å². The molecular weight excluding hydrogens is 402 g/mol. The Balaban J connectivity index is 1.47. The molecule has 32 heavy (non-hydrogen) atoms. The number of hydrogen-bond donors (Lipinski definition) is 2. The van der Waals surface area contributed by atoms with Gasteiger partial charge in [0.2, 0.25) is 5.91 Å². The Labute approximate surface area is 190 Å². The van der Waals surface area contributed by atoms with E-state index in [0.29, 0.717) is 25.3 Å². The van der Waals surface area contributed by atoms with E-state index in [1.807, 2.05) is 17.1 Å². The van der Waals surface area contributed by atoms with Crippen molar-refractivity contribution in [3.05, 3.63) is 65.5 Å². The number of nitrogens with one attached hydrogen (secondary N) is 1. The lowest BCUT2D eigenvalue weighted by Gasteiger charge is -2.33. The summed E-state index contributed by atoms with van der Waals surface area (Å²) < 4.78 is 0. The number of rotatable bonds is 11. The zero-order valence-electron chi connectivity index (χ0n) is 19.2. The number of unbranched alkanes of at least 4 members (excludes halogenated alkanes) is 1. The average molecular weight is 438 g/mol. The molecule has 0 bridgehead atoms. The molecule has 3 rings (SSSR count). The van der Waals surface area contributed by atoms with Crippen LogP contribution in [0.1, 0.15) is 68.8 Å². The number of aryl methyl sites for hydroxylation is 1. The van der Waals surface area contributed by atoms with Crippen molar-refractivity contribution in [2.24, 2.45) is 0 Å². The van der Waals surface area contributed by atoms with Crippen LogP contribution in [0.4, 0.5) is 0 Å². The van der Waals surface area contributed by atoms with Gasteiger partial charge in [-0.15, -0.1) is 10.2 Å². The van der Waals surface area contributed by atoms with Crippen molar-refractivity contribution in [1.29, 1.82) is 0 Å². The number of nitrogens with zero attached hydrogens (tertiary/aromatic N) is 4. The molecule has 1 unspecified atom stereocenters. The maximum Gasteiger partial charge on any atom is 0.223 e. The van der Waals surface area contributed by atoms with Gasteiger partial charge in [-0.3, -0.25) is 4.79 Å². The molecule has 1 amide bonds. The molecule has 1 aromatic heterocycles. The number of likely N-dealkylation sites (tertiary alicyclic amines) is 1. The van der Waals surface area contributed by atoms with Crippen molar-refractivity contribution in [2.75, 3.05) is 6.54 Å². The first-order valence-electron chi connectivity index (χ1n) is 11.6. The molecule has 2 N–H and O–H groups in total. The van der Waals surface area contributed by atoms with Crippen LogP contribution in [0.2, 0.25) is 0 Å². The van der Waals surface area contributed by atoms with E-state index in [1.54, 1.807) is 0 Å². The lowest BCUT2D eigenvalue weighted by atomic mass is 9.98. The standard InChI is InChI=1S/C25H35N5O2/c1-19(2)21-13-11-20(12-14-21)18-23(31)16-15-22-8-7-10-25(32)30(22)17-6-4-3-5-9-24-26-28-29-27-24/h4,6,11-16,19,22-23,31H,3,5,7-10,17-18H2,1-2H3,(H,26,27,28,29)/b6-4-,16-15+/t22-,23?/m1/s1. The first-order valence-corrected chi connectivity index (χ1v) is 11.6. The molecule has 0 radical (unpaired) electrons. The van der Waals surface area contributed by atoms with Gasteiger partial charge < -0.3 is 10.0 Å². The highest BCUT2D eigenvalue weighted by Gasteiger charge is 2.25. The van der Waals surface area contributed by atoms with Crippen molar-refractivity contribution in [1.82, 2.24) is 25.5 Å². The van der Waals surface area contributed by atoms with Crippen LogP contribution in [0.15, 0.2) is 48.6 Å². The van der Waals surface area contributed by atoms with E-state index < -0.39 is 6.10 Å². The molecule has 1 fully saturated rings. The summed E-state index contributed by atoms with van der Waals surface area (Å²) in [6.45, 7) is 4.95. The number of H-pyrrole nitrogens is 1. The van der Waals surface area contributed by atoms with Crippen LogP contribution < -0.4 is 0 Å². The Morgan fingerprint density at radius 2 is 2.06 bits per heavy atom. The number of hydrogen-bond acceptors (Lipinski definition) is 5. The van der Waals surface area contributed by atoms with Crippen molar-refractivity contribution < 1.29 is 9.90 Å². The molecule has 1 aliphatic rings. The van der Waals surface area contributed by atoms with E-state index in [-0.39, 0.29) is 11.9 Å². The Bertz CT molecular complexity index is 874. The summed E-state index contributed by atoms with van der Waals surface area (Å²) in [4.78, 5) is 14.4. The average Bonchev–Trinajstić information content (AvgIpc) is 3.30. The molecule has 1 saturated heterocycles. The Morgan fingerprint density at radius 3 is 2.78 bits per heavy atom. The molecule has 7 heteroatoms. The van der Waals surface area contributed by atoms with E-state index in [0.717, 1.165) is 43.5 Å². The zero-order valence-corrected chi connectivity index (χ0v) is 19.2. The van der Waals surface area contributed by atoms with Gasteiger partial charge in [0.05, 0.1) is 12.1 Å². The van der Waals surface area contributed by atoms with Crippen molar-refractivity contribution in [3.8, 4) is 0 Å². The summed E-state index contributed by atoms with van der Waals surface area (Å²) in [5, 5.41) is 24.4. The van der Waals surface area contributed by atoms with Gasteiger partial charge in [-0.25, -0.2) is 0 Å². The van der Waals surface area contributed by atoms with Gasteiger partial charge in [0, 0.05) is 25.8 Å². The number of carbonyl (C=O) groups is 1. The number of tetrazole rings is 1. The normalized spacial score (nSPS) is 18.3. The Morgan fingerprint density at radius 1 is 1.25 bits per heavy atom. The van der Waals surface area contributed by atoms with Crippen LogP contribution in [0, 0.1) is 0 Å². The summed E-state index contributed by atoms with van der Waals surface area (Å²) in [6, 6.07) is 8.48. The maximum atomic E-state index is 12.5. The molecule has 1 aliphatic heterocycles. The quantitative estimate of drug-likeness (QED) is 0.412. The molecule has 2 atom stereocenters. The summed E-state index contributed by atoms with van der Waals surface area (Å²) in [7, 11) is 0. The molecule has 2 aromatic rings. The number of aliphatic hydroxyl groups is 1. The smallest absolute Gasteiger partial charge is 0.223 e. The lowest BCUT2D eigenvalue weighted by Crippen LogP contribution is -2.42. The number of aliphatic hydroxyl groups excluding tert-OH is 1. The topological polar surface area (TPSA) is 95.0 Å². The van der Waals surface area contributed by atoms with Gasteiger partial charge in [-0.1, -0.05) is 67.6 Å². The minimum Gasteiger partial charge on any atom is -0.389 e. The molecule has 7 nitrogen and oxygen atoms in total. The van der Waals surface area contributed by atoms with Crippen LogP contribution >= 0.6 is 0 Å². The van der Waals surface area contributed by atoms with E-state index in [1.165, 1.54) is 5.56 Å². The first-order chi connectivity index (χ1) is 15.5. The second-order valence-electron chi connectivity index (χ2n) is 8.75. The molecule has 0 saturated carbocycles. The molecule has 0 aliphatic carbocycles. The number of benzene rings is 1. The Hall–Kier alpha value is -2.80. The van der Waals surface area contributed by atoms with E-state index in [2.05, 4.69) is 70.9 Å². The number of aromatic nitrogens is 4. The highest BCUT2D eigenvalue weighted by molar-refractivity contribution is 5.77. The summed E-state index contributed by atoms with van der Waals surface area (Å²) in [6.07, 6.45) is 13.1. The van der Waals surface area contributed by atoms with Gasteiger partial charge in [-0.05, 0) is 42.7 Å². The number of allylic oxidation sites excluding steroid dienone is 1. The third-order valence-electron chi connectivity index (χ3n) is 5.89. The number of piperidine rings is 1. The molecule has 2 heterocycles. The monoisotopic (exact) mass is 437 g/mol. The maximum absolute atomic E-state index is 12.5. The summed E-state index contributed by atoms with van der Waals surface area (Å²) >= 11 is 0. The molecule has 0 spiro atoms. The van der Waals surface area contributed by atoms with Gasteiger partial charge in [0.15, 0.2) is 5.82 Å². The minimum absolute atomic E-state index is 0.0400. The highest BCUT2D eigenvalue weighted by atomic mass is 16.3. The largest absolute Gasteiger partial charge is 0.389 e. The van der Waals surface area contributed by atoms with Crippen molar-refractivity contribution >= 4 is 5.91 Å². The van der Waals surface area contributed by atoms with Crippen molar-refractivity contribution in [3.63, 3.8) is 0 Å². The van der Waals surface area contributed by atoms with Crippen LogP contribution in [-0.4, -0.2) is 55.2 Å². The fraction of sp³-hybridized carbons (Fsp3) is 0.520. The Kier molecular flexibility index (Phi) is 9.16. The molecule has 1 aromatic carbocycles. The molecule has 172 valence electrons. The summed E-state index contributed by atoms with van der Waals surface area (Å²) in [5.74, 6) is 1.41. The zero-order chi connectivity index (χ0) is 22.8. The number of aromatic amines is 1. The number of carbonyl (C=O) groups excluding carboxylic acids is 1. The fourth-order valence-electron chi connectivity index (χ4n) is 3.96. The predicted octanol–water partition coefficient (Wildman–Crippen LogP) is 3.74. The number of amides is 1. The third-order valence-corrected chi connectivity index (χ3v) is 5.89. The highest BCUT2D eigenvalue weighted by Crippen LogP contribution is 2.20. The third kappa shape index (κ3) is 7.41. The van der Waals surface area contributed by atoms with E-state index in [4.69, 9.17) is 0 Å². The second-order valence-corrected chi connectivity index (χ2v) is 8.75. The minimum atomic E-state index is -0.556. The molecular formula is C25H35N5O2. The van der Waals surface area contributed by atoms with Crippen molar-refractivity contribution in [2.45, 2.75) is 76.9 Å². The van der Waals surface area contributed by atoms with E-state index >= 15 is 0 Å². The van der Waals surface area contributed by atoms with Crippen LogP contribution in [0.25, 0.3) is 0 Å². The van der Waals surface area contributed by atoms with Gasteiger partial charge in [-0.2, -0.15) is 5.21 Å². The van der Waals surface area contributed by atoms with Crippen LogP contribution in [0.3, 0.4) is 0 Å². The first kappa shape index (κ1) is 23.9. The fourth-order valence-corrected chi connectivity index (χ4v) is 3.96. The van der Waals surface area contributed by atoms with Gasteiger partial charge in [0.1, 0.15) is 0 Å². The van der Waals surface area contributed by atoms with Gasteiger partial charge >= 0.3 is 0 Å².